The van der Waals surface area contributed by atoms with Crippen LogP contribution in [0.25, 0.3) is 10.8 Å². The summed E-state index contributed by atoms with van der Waals surface area (Å²) in [4.78, 5) is 2.45. The van der Waals surface area contributed by atoms with Gasteiger partial charge in [0.25, 0.3) is 0 Å². The molecule has 2 aromatic carbocycles. The van der Waals surface area contributed by atoms with E-state index in [2.05, 4.69) is 121 Å². The first kappa shape index (κ1) is 23.4. The smallest absolute Gasteiger partial charge is 0.0455 e. The minimum absolute atomic E-state index is 0.0671. The van der Waals surface area contributed by atoms with Gasteiger partial charge in [-0.15, -0.1) is 0 Å². The Morgan fingerprint density at radius 3 is 2.39 bits per heavy atom. The van der Waals surface area contributed by atoms with E-state index in [4.69, 9.17) is 0 Å². The molecule has 172 valence electrons. The van der Waals surface area contributed by atoms with Crippen LogP contribution in [0.1, 0.15) is 65.5 Å². The zero-order chi connectivity index (χ0) is 24.0. The molecule has 2 aliphatic rings. The average Bonchev–Trinajstić information content (AvgIpc) is 2.83. The molecule has 0 radical (unpaired) electrons. The minimum Gasteiger partial charge on any atom is -0.344 e. The van der Waals surface area contributed by atoms with Crippen LogP contribution in [0.2, 0.25) is 0 Å². The predicted octanol–water partition coefficient (Wildman–Crippen LogP) is 8.82. The van der Waals surface area contributed by atoms with E-state index in [1.165, 1.54) is 44.4 Å². The van der Waals surface area contributed by atoms with Crippen molar-refractivity contribution in [1.29, 1.82) is 0 Å². The van der Waals surface area contributed by atoms with E-state index in [1.807, 2.05) is 0 Å². The molecule has 1 nitrogen and oxygen atoms in total. The number of rotatable bonds is 2. The topological polar surface area (TPSA) is 3.24 Å². The summed E-state index contributed by atoms with van der Waals surface area (Å²) in [6, 6.07) is 11.3. The summed E-state index contributed by atoms with van der Waals surface area (Å²) < 4.78 is 0. The number of anilines is 1. The largest absolute Gasteiger partial charge is 0.344 e. The molecule has 1 aliphatic carbocycles. The van der Waals surface area contributed by atoms with Gasteiger partial charge in [-0.2, -0.15) is 0 Å². The molecule has 0 fully saturated rings. The molecule has 2 aromatic rings. The summed E-state index contributed by atoms with van der Waals surface area (Å²) in [5.41, 5.74) is 9.45. The first-order valence-corrected chi connectivity index (χ1v) is 12.4. The number of hydrogen-bond donors (Lipinski definition) is 0. The molecule has 1 aliphatic heterocycles. The van der Waals surface area contributed by atoms with Crippen molar-refractivity contribution in [2.45, 2.75) is 66.2 Å². The van der Waals surface area contributed by atoms with Crippen molar-refractivity contribution >= 4 is 16.5 Å². The van der Waals surface area contributed by atoms with E-state index < -0.39 is 0 Å². The van der Waals surface area contributed by atoms with Gasteiger partial charge in [-0.05, 0) is 64.5 Å². The molecule has 0 saturated heterocycles. The van der Waals surface area contributed by atoms with Gasteiger partial charge >= 0.3 is 0 Å². The molecule has 0 spiro atoms. The molecule has 0 amide bonds. The van der Waals surface area contributed by atoms with Crippen LogP contribution in [0.5, 0.6) is 0 Å². The summed E-state index contributed by atoms with van der Waals surface area (Å²) in [6.07, 6.45) is 14.0. The fourth-order valence-electron chi connectivity index (χ4n) is 5.89. The Morgan fingerprint density at radius 2 is 1.70 bits per heavy atom. The summed E-state index contributed by atoms with van der Waals surface area (Å²) in [6.45, 7) is 18.8. The Bertz CT molecular complexity index is 1230. The van der Waals surface area contributed by atoms with Crippen molar-refractivity contribution in [3.63, 3.8) is 0 Å². The molecule has 0 N–H and O–H groups in total. The Kier molecular flexibility index (Phi) is 6.03. The number of hydrogen-bond acceptors (Lipinski definition) is 1. The lowest BCUT2D eigenvalue weighted by Crippen LogP contribution is -2.39. The number of aryl methyl sites for hydroxylation is 1. The zero-order valence-corrected chi connectivity index (χ0v) is 21.5. The molecule has 1 heterocycles. The molecule has 0 unspecified atom stereocenters. The number of fused-ring (bicyclic) bond motifs is 3. The third-order valence-corrected chi connectivity index (χ3v) is 8.31. The molecule has 1 heteroatoms. The number of nitrogens with zero attached hydrogens (tertiary/aromatic N) is 1. The van der Waals surface area contributed by atoms with Crippen LogP contribution >= 0.6 is 0 Å². The number of allylic oxidation sites excluding steroid dienone is 8. The first-order chi connectivity index (χ1) is 15.6. The molecule has 0 atom stereocenters. The maximum Gasteiger partial charge on any atom is 0.0455 e. The van der Waals surface area contributed by atoms with Gasteiger partial charge in [-0.25, -0.2) is 0 Å². The second-order valence-electron chi connectivity index (χ2n) is 10.6. The molecular weight excluding hydrogens is 398 g/mol. The SMILES string of the molecule is C=C1/C=C\C=C/C/C(CC)=C2\C(=C/1)N(C)c1cc3ccccc3c(CC)c1C(C)(C)C2(C)C. The van der Waals surface area contributed by atoms with Gasteiger partial charge in [-0.3, -0.25) is 0 Å². The van der Waals surface area contributed by atoms with Crippen molar-refractivity contribution in [2.75, 3.05) is 11.9 Å². The van der Waals surface area contributed by atoms with Gasteiger partial charge in [-0.1, -0.05) is 102 Å². The highest BCUT2D eigenvalue weighted by Gasteiger charge is 2.48. The highest BCUT2D eigenvalue weighted by molar-refractivity contribution is 5.93. The van der Waals surface area contributed by atoms with E-state index in [-0.39, 0.29) is 10.8 Å². The molecular formula is C32H39N. The van der Waals surface area contributed by atoms with Crippen LogP contribution in [0.4, 0.5) is 5.69 Å². The molecule has 0 saturated carbocycles. The first-order valence-electron chi connectivity index (χ1n) is 12.4. The Labute approximate surface area is 200 Å². The zero-order valence-electron chi connectivity index (χ0n) is 21.5. The van der Waals surface area contributed by atoms with Crippen LogP contribution in [-0.2, 0) is 11.8 Å². The maximum atomic E-state index is 4.37. The van der Waals surface area contributed by atoms with Gasteiger partial charge in [0.2, 0.25) is 0 Å². The van der Waals surface area contributed by atoms with Crippen LogP contribution in [0.15, 0.2) is 89.7 Å². The van der Waals surface area contributed by atoms with Crippen LogP contribution in [0, 0.1) is 5.41 Å². The van der Waals surface area contributed by atoms with Crippen LogP contribution in [0.3, 0.4) is 0 Å². The van der Waals surface area contributed by atoms with E-state index >= 15 is 0 Å². The quantitative estimate of drug-likeness (QED) is 0.453. The normalized spacial score (nSPS) is 25.5. The van der Waals surface area contributed by atoms with E-state index in [9.17, 15) is 0 Å². The summed E-state index contributed by atoms with van der Waals surface area (Å²) >= 11 is 0. The highest BCUT2D eigenvalue weighted by Crippen LogP contribution is 2.57. The standard InChI is InChI=1S/C32H39N/c1-9-23-17-13-11-12-16-22(3)20-27-29(23)31(4,5)32(6,7)30-25(10-2)26-19-15-14-18-24(26)21-28(30)33(27)8/h11-16,18-21H,3,9-10,17H2,1-2,4-8H3/b13-11-,16-12-,27-20+,29-23+. The Hall–Kier alpha value is -2.80. The second kappa shape index (κ2) is 8.52. The lowest BCUT2D eigenvalue weighted by Gasteiger charge is -2.45. The van der Waals surface area contributed by atoms with Crippen molar-refractivity contribution in [2.24, 2.45) is 5.41 Å². The second-order valence-corrected chi connectivity index (χ2v) is 10.6. The van der Waals surface area contributed by atoms with E-state index in [1.54, 1.807) is 0 Å². The molecule has 33 heavy (non-hydrogen) atoms. The highest BCUT2D eigenvalue weighted by atomic mass is 15.1. The van der Waals surface area contributed by atoms with Gasteiger partial charge in [0, 0.05) is 29.3 Å². The molecule has 4 rings (SSSR count). The third-order valence-electron chi connectivity index (χ3n) is 8.31. The van der Waals surface area contributed by atoms with Crippen molar-refractivity contribution in [3.05, 3.63) is 101 Å². The monoisotopic (exact) mass is 437 g/mol. The fraction of sp³-hybridized carbons (Fsp3) is 0.375. The third kappa shape index (κ3) is 3.62. The Morgan fingerprint density at radius 1 is 0.970 bits per heavy atom. The van der Waals surface area contributed by atoms with Crippen LogP contribution < -0.4 is 4.90 Å². The van der Waals surface area contributed by atoms with Crippen molar-refractivity contribution in [3.8, 4) is 0 Å². The maximum absolute atomic E-state index is 4.37. The van der Waals surface area contributed by atoms with Gasteiger partial charge in [0.05, 0.1) is 0 Å². The number of benzene rings is 2. The van der Waals surface area contributed by atoms with E-state index in [0.29, 0.717) is 0 Å². The molecule has 0 aromatic heterocycles. The van der Waals surface area contributed by atoms with Crippen LogP contribution in [-0.4, -0.2) is 7.05 Å². The number of likely N-dealkylation sites (N-methyl/N-ethyl adjacent to an activating group) is 1. The summed E-state index contributed by atoms with van der Waals surface area (Å²) in [5.74, 6) is 0. The Balaban J connectivity index is 2.19. The van der Waals surface area contributed by atoms with Gasteiger partial charge < -0.3 is 4.90 Å². The van der Waals surface area contributed by atoms with E-state index in [0.717, 1.165) is 24.8 Å². The average molecular weight is 438 g/mol. The summed E-state index contributed by atoms with van der Waals surface area (Å²) in [7, 11) is 2.25. The van der Waals surface area contributed by atoms with Gasteiger partial charge in [0.1, 0.15) is 0 Å². The minimum atomic E-state index is -0.0763. The van der Waals surface area contributed by atoms with Gasteiger partial charge in [0.15, 0.2) is 0 Å². The van der Waals surface area contributed by atoms with Crippen molar-refractivity contribution < 1.29 is 0 Å². The predicted molar refractivity (Wildman–Crippen MR) is 146 cm³/mol. The lowest BCUT2D eigenvalue weighted by atomic mass is 9.58. The lowest BCUT2D eigenvalue weighted by molar-refractivity contribution is 0.252. The summed E-state index contributed by atoms with van der Waals surface area (Å²) in [5, 5.41) is 2.71. The fourth-order valence-corrected chi connectivity index (χ4v) is 5.89. The van der Waals surface area contributed by atoms with Crippen molar-refractivity contribution in [1.82, 2.24) is 0 Å². The molecule has 0 bridgehead atoms.